The van der Waals surface area contributed by atoms with E-state index in [2.05, 4.69) is 91.0 Å². The van der Waals surface area contributed by atoms with Crippen LogP contribution in [0, 0.1) is 0 Å². The maximum Gasteiger partial charge on any atom is 0.0406 e. The van der Waals surface area contributed by atoms with Crippen molar-refractivity contribution in [2.24, 2.45) is 0 Å². The zero-order chi connectivity index (χ0) is 18.2. The molecule has 0 heterocycles. The minimum Gasteiger partial charge on any atom is -0.0843 e. The first-order chi connectivity index (χ1) is 13.3. The van der Waals surface area contributed by atoms with Crippen molar-refractivity contribution >= 4 is 33.1 Å². The molecule has 5 aromatic rings. The van der Waals surface area contributed by atoms with Gasteiger partial charge in [0.05, 0.1) is 0 Å². The van der Waals surface area contributed by atoms with Gasteiger partial charge in [0.2, 0.25) is 0 Å². The van der Waals surface area contributed by atoms with Crippen molar-refractivity contribution in [3.63, 3.8) is 0 Å². The second-order valence-electron chi connectivity index (χ2n) is 6.78. The van der Waals surface area contributed by atoms with Gasteiger partial charge in [-0.25, -0.2) is 0 Å². The second-order valence-corrected chi connectivity index (χ2v) is 7.21. The highest BCUT2D eigenvalue weighted by molar-refractivity contribution is 6.30. The lowest BCUT2D eigenvalue weighted by molar-refractivity contribution is 1.64. The average molecular weight is 365 g/mol. The third kappa shape index (κ3) is 2.89. The molecule has 0 aliphatic carbocycles. The Morgan fingerprint density at radius 3 is 1.96 bits per heavy atom. The summed E-state index contributed by atoms with van der Waals surface area (Å²) in [5.41, 5.74) is 4.89. The Balaban J connectivity index is 1.83. The fourth-order valence-electron chi connectivity index (χ4n) is 3.78. The standard InChI is InChI=1S/C26H17Cl/c27-22-13-10-18(11-14-22)20-12-15-24-25(19-6-2-1-3-7-19)17-21-8-4-5-9-23(21)26(24)16-20/h1-17H. The lowest BCUT2D eigenvalue weighted by atomic mass is 9.91. The average Bonchev–Trinajstić information content (AvgIpc) is 2.74. The minimum atomic E-state index is 0.761. The zero-order valence-electron chi connectivity index (χ0n) is 14.7. The summed E-state index contributed by atoms with van der Waals surface area (Å²) in [6.45, 7) is 0. The Morgan fingerprint density at radius 2 is 1.15 bits per heavy atom. The van der Waals surface area contributed by atoms with Crippen LogP contribution in [-0.2, 0) is 0 Å². The third-order valence-electron chi connectivity index (χ3n) is 5.12. The van der Waals surface area contributed by atoms with Crippen molar-refractivity contribution in [1.29, 1.82) is 0 Å². The van der Waals surface area contributed by atoms with Crippen molar-refractivity contribution in [3.05, 3.63) is 108 Å². The van der Waals surface area contributed by atoms with Gasteiger partial charge >= 0.3 is 0 Å². The molecule has 0 nitrogen and oxygen atoms in total. The predicted molar refractivity (Wildman–Crippen MR) is 117 cm³/mol. The van der Waals surface area contributed by atoms with Crippen LogP contribution in [0.2, 0.25) is 5.02 Å². The largest absolute Gasteiger partial charge is 0.0843 e. The molecule has 0 fully saturated rings. The van der Waals surface area contributed by atoms with Crippen LogP contribution in [0.3, 0.4) is 0 Å². The summed E-state index contributed by atoms with van der Waals surface area (Å²) >= 11 is 6.06. The molecule has 0 saturated heterocycles. The summed E-state index contributed by atoms with van der Waals surface area (Å²) in [5.74, 6) is 0. The molecule has 128 valence electrons. The normalized spacial score (nSPS) is 11.1. The number of benzene rings is 5. The van der Waals surface area contributed by atoms with Crippen LogP contribution in [0.4, 0.5) is 0 Å². The van der Waals surface area contributed by atoms with Gasteiger partial charge in [0.15, 0.2) is 0 Å². The van der Waals surface area contributed by atoms with E-state index < -0.39 is 0 Å². The van der Waals surface area contributed by atoms with E-state index in [0.717, 1.165) is 5.02 Å². The highest BCUT2D eigenvalue weighted by Gasteiger charge is 2.10. The lowest BCUT2D eigenvalue weighted by Crippen LogP contribution is -1.86. The maximum absolute atomic E-state index is 6.06. The van der Waals surface area contributed by atoms with Gasteiger partial charge in [-0.05, 0) is 68.1 Å². The molecule has 5 aromatic carbocycles. The third-order valence-corrected chi connectivity index (χ3v) is 5.37. The molecule has 0 aliphatic heterocycles. The van der Waals surface area contributed by atoms with Gasteiger partial charge < -0.3 is 0 Å². The van der Waals surface area contributed by atoms with Crippen molar-refractivity contribution in [2.45, 2.75) is 0 Å². The minimum absolute atomic E-state index is 0.761. The summed E-state index contributed by atoms with van der Waals surface area (Å²) in [7, 11) is 0. The molecule has 0 aliphatic rings. The Bertz CT molecular complexity index is 1250. The number of hydrogen-bond acceptors (Lipinski definition) is 0. The Labute approximate surface area is 163 Å². The molecule has 0 spiro atoms. The van der Waals surface area contributed by atoms with E-state index in [9.17, 15) is 0 Å². The molecular formula is C26H17Cl. The van der Waals surface area contributed by atoms with E-state index in [1.807, 2.05) is 12.1 Å². The highest BCUT2D eigenvalue weighted by Crippen LogP contribution is 2.37. The molecule has 0 radical (unpaired) electrons. The summed E-state index contributed by atoms with van der Waals surface area (Å²) < 4.78 is 0. The second kappa shape index (κ2) is 6.57. The van der Waals surface area contributed by atoms with Crippen molar-refractivity contribution < 1.29 is 0 Å². The molecule has 0 N–H and O–H groups in total. The van der Waals surface area contributed by atoms with Gasteiger partial charge in [-0.15, -0.1) is 0 Å². The molecule has 0 saturated carbocycles. The first-order valence-electron chi connectivity index (χ1n) is 9.06. The van der Waals surface area contributed by atoms with E-state index in [1.165, 1.54) is 43.8 Å². The van der Waals surface area contributed by atoms with Gasteiger partial charge in [-0.2, -0.15) is 0 Å². The summed E-state index contributed by atoms with van der Waals surface area (Å²) in [5, 5.41) is 5.86. The number of hydrogen-bond donors (Lipinski definition) is 0. The van der Waals surface area contributed by atoms with E-state index in [4.69, 9.17) is 11.6 Å². The topological polar surface area (TPSA) is 0 Å². The number of fused-ring (bicyclic) bond motifs is 3. The Kier molecular flexibility index (Phi) is 3.92. The summed E-state index contributed by atoms with van der Waals surface area (Å²) in [4.78, 5) is 0. The van der Waals surface area contributed by atoms with Crippen LogP contribution >= 0.6 is 11.6 Å². The predicted octanol–water partition coefficient (Wildman–Crippen LogP) is 7.98. The smallest absolute Gasteiger partial charge is 0.0406 e. The Morgan fingerprint density at radius 1 is 0.444 bits per heavy atom. The van der Waals surface area contributed by atoms with Crippen molar-refractivity contribution in [3.8, 4) is 22.3 Å². The molecule has 0 unspecified atom stereocenters. The molecule has 0 aromatic heterocycles. The van der Waals surface area contributed by atoms with Crippen molar-refractivity contribution in [1.82, 2.24) is 0 Å². The first kappa shape index (κ1) is 16.1. The highest BCUT2D eigenvalue weighted by atomic mass is 35.5. The fraction of sp³-hybridized carbons (Fsp3) is 0. The van der Waals surface area contributed by atoms with E-state index in [-0.39, 0.29) is 0 Å². The van der Waals surface area contributed by atoms with Crippen molar-refractivity contribution in [2.75, 3.05) is 0 Å². The quantitative estimate of drug-likeness (QED) is 0.278. The van der Waals surface area contributed by atoms with E-state index >= 15 is 0 Å². The monoisotopic (exact) mass is 364 g/mol. The molecule has 27 heavy (non-hydrogen) atoms. The first-order valence-corrected chi connectivity index (χ1v) is 9.44. The molecule has 0 amide bonds. The molecule has 5 rings (SSSR count). The molecular weight excluding hydrogens is 348 g/mol. The van der Waals surface area contributed by atoms with Crippen LogP contribution in [0.1, 0.15) is 0 Å². The van der Waals surface area contributed by atoms with Crippen LogP contribution in [0.25, 0.3) is 43.8 Å². The van der Waals surface area contributed by atoms with Gasteiger partial charge in [-0.3, -0.25) is 0 Å². The maximum atomic E-state index is 6.06. The van der Waals surface area contributed by atoms with Gasteiger partial charge in [0.1, 0.15) is 0 Å². The molecule has 1 heteroatoms. The lowest BCUT2D eigenvalue weighted by Gasteiger charge is -2.13. The van der Waals surface area contributed by atoms with Crippen LogP contribution < -0.4 is 0 Å². The van der Waals surface area contributed by atoms with E-state index in [0.29, 0.717) is 0 Å². The number of halogens is 1. The van der Waals surface area contributed by atoms with E-state index in [1.54, 1.807) is 0 Å². The summed E-state index contributed by atoms with van der Waals surface area (Å²) in [6, 6.07) is 36.3. The molecule has 0 atom stereocenters. The van der Waals surface area contributed by atoms with Gasteiger partial charge in [-0.1, -0.05) is 90.5 Å². The van der Waals surface area contributed by atoms with Gasteiger partial charge in [0.25, 0.3) is 0 Å². The summed E-state index contributed by atoms with van der Waals surface area (Å²) in [6.07, 6.45) is 0. The van der Waals surface area contributed by atoms with Crippen LogP contribution in [0.5, 0.6) is 0 Å². The van der Waals surface area contributed by atoms with Gasteiger partial charge in [0, 0.05) is 5.02 Å². The fourth-order valence-corrected chi connectivity index (χ4v) is 3.91. The SMILES string of the molecule is Clc1ccc(-c2ccc3c(-c4ccccc4)cc4ccccc4c3c2)cc1. The van der Waals surface area contributed by atoms with Crippen LogP contribution in [-0.4, -0.2) is 0 Å². The number of rotatable bonds is 2. The van der Waals surface area contributed by atoms with Crippen LogP contribution in [0.15, 0.2) is 103 Å². The molecule has 0 bridgehead atoms. The zero-order valence-corrected chi connectivity index (χ0v) is 15.4. The Hall–Kier alpha value is -3.09.